The molecule has 4 heterocycles. The van der Waals surface area contributed by atoms with E-state index in [4.69, 9.17) is 0 Å². The molecule has 0 unspecified atom stereocenters. The van der Waals surface area contributed by atoms with Crippen LogP contribution in [0.4, 0.5) is 0 Å². The summed E-state index contributed by atoms with van der Waals surface area (Å²) >= 11 is 0. The number of aromatic nitrogens is 9. The van der Waals surface area contributed by atoms with Crippen molar-refractivity contribution in [2.24, 2.45) is 7.05 Å². The predicted octanol–water partition coefficient (Wildman–Crippen LogP) is 0.871. The van der Waals surface area contributed by atoms with E-state index in [-0.39, 0.29) is 11.9 Å². The van der Waals surface area contributed by atoms with Crippen LogP contribution < -0.4 is 0 Å². The second-order valence-electron chi connectivity index (χ2n) is 7.05. The van der Waals surface area contributed by atoms with E-state index in [1.807, 2.05) is 25.4 Å². The van der Waals surface area contributed by atoms with Crippen molar-refractivity contribution < 1.29 is 4.79 Å². The van der Waals surface area contributed by atoms with Gasteiger partial charge in [0.2, 0.25) is 0 Å². The molecule has 3 aromatic heterocycles. The predicted molar refractivity (Wildman–Crippen MR) is 101 cm³/mol. The van der Waals surface area contributed by atoms with Gasteiger partial charge in [-0.2, -0.15) is 5.10 Å². The SMILES string of the molecule is C[C@H]1CN(C(=O)c2ccc(-n3cnnn3)cc2)Cc2nnc(-c3cnn(C)c3)n21. The first-order valence-electron chi connectivity index (χ1n) is 9.15. The molecule has 0 fully saturated rings. The van der Waals surface area contributed by atoms with E-state index in [1.165, 1.54) is 6.33 Å². The second-order valence-corrected chi connectivity index (χ2v) is 7.05. The molecule has 11 nitrogen and oxygen atoms in total. The molecule has 0 spiro atoms. The zero-order valence-electron chi connectivity index (χ0n) is 15.9. The van der Waals surface area contributed by atoms with E-state index in [2.05, 4.69) is 42.3 Å². The first-order valence-corrected chi connectivity index (χ1v) is 9.15. The van der Waals surface area contributed by atoms with Gasteiger partial charge in [0.05, 0.1) is 30.0 Å². The highest BCUT2D eigenvalue weighted by atomic mass is 16.2. The van der Waals surface area contributed by atoms with Crippen LogP contribution in [0.5, 0.6) is 0 Å². The maximum atomic E-state index is 13.0. The van der Waals surface area contributed by atoms with Gasteiger partial charge in [-0.1, -0.05) is 0 Å². The van der Waals surface area contributed by atoms with Crippen LogP contribution >= 0.6 is 0 Å². The van der Waals surface area contributed by atoms with Crippen LogP contribution in [0.1, 0.15) is 29.1 Å². The van der Waals surface area contributed by atoms with E-state index >= 15 is 0 Å². The number of fused-ring (bicyclic) bond motifs is 1. The van der Waals surface area contributed by atoms with Crippen LogP contribution in [0.3, 0.4) is 0 Å². The van der Waals surface area contributed by atoms with E-state index in [9.17, 15) is 4.79 Å². The van der Waals surface area contributed by atoms with Crippen LogP contribution in [0.25, 0.3) is 17.1 Å². The van der Waals surface area contributed by atoms with Crippen molar-refractivity contribution in [3.8, 4) is 17.1 Å². The summed E-state index contributed by atoms with van der Waals surface area (Å²) in [6.07, 6.45) is 5.19. The van der Waals surface area contributed by atoms with Gasteiger partial charge in [0.15, 0.2) is 11.6 Å². The third-order valence-electron chi connectivity index (χ3n) is 5.00. The molecule has 0 saturated heterocycles. The maximum Gasteiger partial charge on any atom is 0.254 e. The lowest BCUT2D eigenvalue weighted by Crippen LogP contribution is -2.40. The normalized spacial score (nSPS) is 16.1. The van der Waals surface area contributed by atoms with Gasteiger partial charge < -0.3 is 9.47 Å². The Morgan fingerprint density at radius 3 is 2.69 bits per heavy atom. The number of rotatable bonds is 3. The fraction of sp³-hybridized carbons (Fsp3) is 0.278. The van der Waals surface area contributed by atoms with Gasteiger partial charge in [0.25, 0.3) is 5.91 Å². The number of nitrogens with zero attached hydrogens (tertiary/aromatic N) is 10. The average molecular weight is 390 g/mol. The molecule has 0 N–H and O–H groups in total. The van der Waals surface area contributed by atoms with Crippen molar-refractivity contribution in [1.29, 1.82) is 0 Å². The van der Waals surface area contributed by atoms with Crippen molar-refractivity contribution >= 4 is 5.91 Å². The number of hydrogen-bond donors (Lipinski definition) is 0. The molecule has 0 bridgehead atoms. The Kier molecular flexibility index (Phi) is 3.93. The number of hydrogen-bond acceptors (Lipinski definition) is 7. The summed E-state index contributed by atoms with van der Waals surface area (Å²) in [5.74, 6) is 1.50. The standard InChI is InChI=1S/C18H18N10O/c1-12-8-26(10-16-21-22-17(28(12)16)14-7-20-25(2)9-14)18(29)13-3-5-15(6-4-13)27-11-19-23-24-27/h3-7,9,11-12H,8,10H2,1-2H3/t12-/m0/s1. The quantitative estimate of drug-likeness (QED) is 0.510. The Balaban J connectivity index is 1.38. The molecule has 0 saturated carbocycles. The smallest absolute Gasteiger partial charge is 0.254 e. The highest BCUT2D eigenvalue weighted by molar-refractivity contribution is 5.94. The number of carbonyl (C=O) groups is 1. The topological polar surface area (TPSA) is 112 Å². The van der Waals surface area contributed by atoms with E-state index in [0.717, 1.165) is 22.9 Å². The largest absolute Gasteiger partial charge is 0.329 e. The molecule has 11 heteroatoms. The van der Waals surface area contributed by atoms with Crippen LogP contribution in [0, 0.1) is 0 Å². The van der Waals surface area contributed by atoms with Gasteiger partial charge in [-0.15, -0.1) is 15.3 Å². The Morgan fingerprint density at radius 1 is 1.17 bits per heavy atom. The third-order valence-corrected chi connectivity index (χ3v) is 5.00. The van der Waals surface area contributed by atoms with Crippen LogP contribution in [0.15, 0.2) is 43.0 Å². The first kappa shape index (κ1) is 17.2. The summed E-state index contributed by atoms with van der Waals surface area (Å²) < 4.78 is 5.36. The minimum Gasteiger partial charge on any atom is -0.329 e. The molecule has 1 amide bonds. The monoisotopic (exact) mass is 390 g/mol. The molecule has 146 valence electrons. The van der Waals surface area contributed by atoms with Gasteiger partial charge in [-0.25, -0.2) is 4.68 Å². The van der Waals surface area contributed by atoms with E-state index in [1.54, 1.807) is 32.6 Å². The molecule has 1 aromatic carbocycles. The molecule has 1 atom stereocenters. The summed E-state index contributed by atoms with van der Waals surface area (Å²) in [5, 5.41) is 24.0. The molecular formula is C18H18N10O. The Labute approximate surface area is 165 Å². The highest BCUT2D eigenvalue weighted by Crippen LogP contribution is 2.28. The Bertz CT molecular complexity index is 1160. The molecular weight excluding hydrogens is 372 g/mol. The number of carbonyl (C=O) groups excluding carboxylic acids is 1. The van der Waals surface area contributed by atoms with Crippen LogP contribution in [-0.2, 0) is 13.6 Å². The summed E-state index contributed by atoms with van der Waals surface area (Å²) in [6, 6.07) is 7.25. The summed E-state index contributed by atoms with van der Waals surface area (Å²) in [6.45, 7) is 3.05. The minimum atomic E-state index is -0.0442. The molecule has 1 aliphatic rings. The van der Waals surface area contributed by atoms with Gasteiger partial charge in [-0.3, -0.25) is 9.48 Å². The second kappa shape index (κ2) is 6.62. The van der Waals surface area contributed by atoms with Crippen molar-refractivity contribution in [3.63, 3.8) is 0 Å². The van der Waals surface area contributed by atoms with Crippen molar-refractivity contribution in [2.45, 2.75) is 19.5 Å². The van der Waals surface area contributed by atoms with Crippen molar-refractivity contribution in [1.82, 2.24) is 49.7 Å². The Morgan fingerprint density at radius 2 is 2.00 bits per heavy atom. The minimum absolute atomic E-state index is 0.0442. The lowest BCUT2D eigenvalue weighted by Gasteiger charge is -2.32. The van der Waals surface area contributed by atoms with Gasteiger partial charge in [0, 0.05) is 25.4 Å². The summed E-state index contributed by atoms with van der Waals surface area (Å²) in [5.41, 5.74) is 2.31. The molecule has 1 aliphatic heterocycles. The fourth-order valence-electron chi connectivity index (χ4n) is 3.64. The maximum absolute atomic E-state index is 13.0. The lowest BCUT2D eigenvalue weighted by atomic mass is 10.1. The molecule has 29 heavy (non-hydrogen) atoms. The number of aryl methyl sites for hydroxylation is 1. The van der Waals surface area contributed by atoms with Crippen LogP contribution in [-0.4, -0.2) is 62.1 Å². The van der Waals surface area contributed by atoms with Crippen LogP contribution in [0.2, 0.25) is 0 Å². The van der Waals surface area contributed by atoms with Gasteiger partial charge >= 0.3 is 0 Å². The summed E-state index contributed by atoms with van der Waals surface area (Å²) in [7, 11) is 1.87. The van der Waals surface area contributed by atoms with E-state index < -0.39 is 0 Å². The summed E-state index contributed by atoms with van der Waals surface area (Å²) in [4.78, 5) is 14.8. The van der Waals surface area contributed by atoms with E-state index in [0.29, 0.717) is 18.7 Å². The number of benzene rings is 1. The third kappa shape index (κ3) is 2.96. The average Bonchev–Trinajstić information content (AvgIpc) is 3.48. The molecule has 0 radical (unpaired) electrons. The number of tetrazole rings is 1. The zero-order chi connectivity index (χ0) is 20.0. The number of amides is 1. The van der Waals surface area contributed by atoms with Crippen molar-refractivity contribution in [2.75, 3.05) is 6.54 Å². The van der Waals surface area contributed by atoms with Gasteiger partial charge in [0.1, 0.15) is 6.33 Å². The molecule has 5 rings (SSSR count). The fourth-order valence-corrected chi connectivity index (χ4v) is 3.64. The highest BCUT2D eigenvalue weighted by Gasteiger charge is 2.30. The van der Waals surface area contributed by atoms with Gasteiger partial charge in [-0.05, 0) is 41.6 Å². The van der Waals surface area contributed by atoms with Crippen molar-refractivity contribution in [3.05, 3.63) is 54.4 Å². The molecule has 0 aliphatic carbocycles. The first-order chi connectivity index (χ1) is 14.1. The molecule has 4 aromatic rings. The lowest BCUT2D eigenvalue weighted by molar-refractivity contribution is 0.0682. The zero-order valence-corrected chi connectivity index (χ0v) is 15.9. The Hall–Kier alpha value is -3.89.